The Hall–Kier alpha value is -0.465. The van der Waals surface area contributed by atoms with Gasteiger partial charge in [-0.25, -0.2) is 0 Å². The first-order valence-electron chi connectivity index (χ1n) is 7.68. The maximum absolute atomic E-state index is 6.17. The summed E-state index contributed by atoms with van der Waals surface area (Å²) < 4.78 is 0. The van der Waals surface area contributed by atoms with Gasteiger partial charge in [0, 0.05) is 26.6 Å². The summed E-state index contributed by atoms with van der Waals surface area (Å²) >= 11 is 0. The van der Waals surface area contributed by atoms with E-state index in [4.69, 9.17) is 7.85 Å². The van der Waals surface area contributed by atoms with E-state index in [9.17, 15) is 0 Å². The second-order valence-electron chi connectivity index (χ2n) is 4.62. The van der Waals surface area contributed by atoms with E-state index in [1.807, 2.05) is 34.7 Å². The van der Waals surface area contributed by atoms with E-state index in [0.29, 0.717) is 17.8 Å². The summed E-state index contributed by atoms with van der Waals surface area (Å²) in [5, 5.41) is 0. The van der Waals surface area contributed by atoms with Gasteiger partial charge >= 0.3 is 0 Å². The molecular weight excluding hydrogens is 219 g/mol. The van der Waals surface area contributed by atoms with E-state index in [2.05, 4.69) is 16.9 Å². The number of amidine groups is 1. The molecule has 0 N–H and O–H groups in total. The molecule has 1 heterocycles. The lowest BCUT2D eigenvalue weighted by atomic mass is 9.63. The van der Waals surface area contributed by atoms with Crippen molar-refractivity contribution in [3.63, 3.8) is 0 Å². The fourth-order valence-electron chi connectivity index (χ4n) is 3.10. The van der Waals surface area contributed by atoms with Gasteiger partial charge in [0.2, 0.25) is 0 Å². The summed E-state index contributed by atoms with van der Waals surface area (Å²) in [5.41, 5.74) is 0. The van der Waals surface area contributed by atoms with Crippen molar-refractivity contribution in [3.8, 4) is 0 Å². The first-order valence-corrected chi connectivity index (χ1v) is 7.68. The molecule has 3 heteroatoms. The zero-order valence-corrected chi connectivity index (χ0v) is 13.2. The molecule has 2 nitrogen and oxygen atoms in total. The average molecular weight is 250 g/mol. The topological polar surface area (TPSA) is 15.6 Å². The largest absolute Gasteiger partial charge is 0.360 e. The molecule has 0 spiro atoms. The zero-order valence-electron chi connectivity index (χ0n) is 13.2. The number of hydrogen-bond acceptors (Lipinski definition) is 1. The van der Waals surface area contributed by atoms with Gasteiger partial charge in [-0.3, -0.25) is 4.99 Å². The van der Waals surface area contributed by atoms with Gasteiger partial charge in [-0.2, -0.15) is 0 Å². The standard InChI is InChI=1S/C11H19BN2.2C2H6/c1-13-11-7-6-8-9(12)4-3-5-10(8)14(11)2;2*1-2/h8-10H,3-7H2,1-2H3;2*1-2H3. The van der Waals surface area contributed by atoms with Crippen LogP contribution in [0.4, 0.5) is 0 Å². The predicted octanol–water partition coefficient (Wildman–Crippen LogP) is 3.92. The molecule has 0 aromatic rings. The summed E-state index contributed by atoms with van der Waals surface area (Å²) in [7, 11) is 10.2. The highest BCUT2D eigenvalue weighted by Gasteiger charge is 2.36. The van der Waals surface area contributed by atoms with Crippen molar-refractivity contribution in [1.82, 2.24) is 4.90 Å². The van der Waals surface area contributed by atoms with Gasteiger partial charge in [0.25, 0.3) is 0 Å². The molecule has 1 saturated carbocycles. The molecule has 2 aliphatic rings. The van der Waals surface area contributed by atoms with Crippen molar-refractivity contribution in [2.24, 2.45) is 10.9 Å². The molecule has 1 aliphatic carbocycles. The number of piperidine rings is 1. The van der Waals surface area contributed by atoms with E-state index in [1.165, 1.54) is 31.5 Å². The monoisotopic (exact) mass is 250 g/mol. The Labute approximate surface area is 116 Å². The van der Waals surface area contributed by atoms with Crippen molar-refractivity contribution in [3.05, 3.63) is 0 Å². The molecule has 0 bridgehead atoms. The van der Waals surface area contributed by atoms with Crippen LogP contribution in [0.15, 0.2) is 4.99 Å². The van der Waals surface area contributed by atoms with E-state index >= 15 is 0 Å². The molecule has 3 atom stereocenters. The van der Waals surface area contributed by atoms with Crippen LogP contribution in [0, 0.1) is 5.92 Å². The van der Waals surface area contributed by atoms with Crippen LogP contribution in [0.25, 0.3) is 0 Å². The Morgan fingerprint density at radius 1 is 1.11 bits per heavy atom. The maximum Gasteiger partial charge on any atom is 0.0985 e. The summed E-state index contributed by atoms with van der Waals surface area (Å²) in [4.78, 5) is 6.71. The van der Waals surface area contributed by atoms with Crippen LogP contribution in [-0.4, -0.2) is 38.7 Å². The van der Waals surface area contributed by atoms with Crippen molar-refractivity contribution in [2.75, 3.05) is 14.1 Å². The number of aliphatic imine (C=N–C) groups is 1. The molecule has 0 amide bonds. The number of rotatable bonds is 0. The molecule has 0 aromatic carbocycles. The minimum Gasteiger partial charge on any atom is -0.360 e. The highest BCUT2D eigenvalue weighted by Crippen LogP contribution is 2.40. The molecule has 1 aliphatic heterocycles. The maximum atomic E-state index is 6.17. The SMILES string of the molecule is CC.CC.[B]C1CCCC2C1CCC(=NC)N2C. The van der Waals surface area contributed by atoms with Gasteiger partial charge in [0.1, 0.15) is 0 Å². The number of likely N-dealkylation sites (tertiary alicyclic amines) is 1. The molecule has 2 radical (unpaired) electrons. The second-order valence-corrected chi connectivity index (χ2v) is 4.62. The first-order chi connectivity index (χ1) is 8.74. The van der Waals surface area contributed by atoms with Crippen molar-refractivity contribution in [2.45, 2.75) is 71.7 Å². The van der Waals surface area contributed by atoms with Gasteiger partial charge in [0.05, 0.1) is 13.7 Å². The summed E-state index contributed by atoms with van der Waals surface area (Å²) in [5.74, 6) is 2.40. The third kappa shape index (κ3) is 4.03. The first kappa shape index (κ1) is 17.5. The smallest absolute Gasteiger partial charge is 0.0985 e. The van der Waals surface area contributed by atoms with Crippen molar-refractivity contribution in [1.29, 1.82) is 0 Å². The number of hydrogen-bond donors (Lipinski definition) is 0. The highest BCUT2D eigenvalue weighted by atomic mass is 15.2. The third-order valence-electron chi connectivity index (χ3n) is 3.95. The second kappa shape index (κ2) is 9.46. The average Bonchev–Trinajstić information content (AvgIpc) is 2.45. The Bertz CT molecular complexity index is 241. The number of nitrogens with zero attached hydrogens (tertiary/aromatic N) is 2. The summed E-state index contributed by atoms with van der Waals surface area (Å²) in [6.45, 7) is 8.00. The molecule has 18 heavy (non-hydrogen) atoms. The van der Waals surface area contributed by atoms with Gasteiger partial charge < -0.3 is 4.90 Å². The Balaban J connectivity index is 0.000000659. The van der Waals surface area contributed by atoms with Crippen LogP contribution in [0.5, 0.6) is 0 Å². The Kier molecular flexibility index (Phi) is 9.22. The minimum absolute atomic E-state index is 0.426. The van der Waals surface area contributed by atoms with E-state index in [0.717, 1.165) is 6.42 Å². The Morgan fingerprint density at radius 2 is 1.72 bits per heavy atom. The van der Waals surface area contributed by atoms with Crippen molar-refractivity contribution < 1.29 is 0 Å². The highest BCUT2D eigenvalue weighted by molar-refractivity contribution is 6.12. The van der Waals surface area contributed by atoms with E-state index < -0.39 is 0 Å². The minimum atomic E-state index is 0.426. The number of fused-ring (bicyclic) bond motifs is 1. The van der Waals surface area contributed by atoms with E-state index in [-0.39, 0.29) is 0 Å². The lowest BCUT2D eigenvalue weighted by molar-refractivity contribution is 0.161. The van der Waals surface area contributed by atoms with Crippen LogP contribution in [0.3, 0.4) is 0 Å². The van der Waals surface area contributed by atoms with Gasteiger partial charge in [-0.15, -0.1) is 0 Å². The molecule has 0 aromatic heterocycles. The van der Waals surface area contributed by atoms with Gasteiger partial charge in [0.15, 0.2) is 0 Å². The normalized spacial score (nSPS) is 32.7. The lowest BCUT2D eigenvalue weighted by Gasteiger charge is -2.47. The van der Waals surface area contributed by atoms with Crippen LogP contribution in [0.2, 0.25) is 5.82 Å². The van der Waals surface area contributed by atoms with Gasteiger partial charge in [-0.05, 0) is 18.8 Å². The van der Waals surface area contributed by atoms with Crippen molar-refractivity contribution >= 4 is 13.7 Å². The van der Waals surface area contributed by atoms with Crippen LogP contribution in [0.1, 0.15) is 59.8 Å². The zero-order chi connectivity index (χ0) is 14.1. The Morgan fingerprint density at radius 3 is 2.28 bits per heavy atom. The summed E-state index contributed by atoms with van der Waals surface area (Å²) in [6.07, 6.45) is 6.15. The van der Waals surface area contributed by atoms with E-state index in [1.54, 1.807) is 0 Å². The third-order valence-corrected chi connectivity index (χ3v) is 3.95. The summed E-state index contributed by atoms with van der Waals surface area (Å²) in [6, 6.07) is 0.659. The molecule has 3 unspecified atom stereocenters. The molecule has 104 valence electrons. The van der Waals surface area contributed by atoms with Crippen LogP contribution in [-0.2, 0) is 0 Å². The molecule has 2 rings (SSSR count). The fraction of sp³-hybridized carbons (Fsp3) is 0.933. The predicted molar refractivity (Wildman–Crippen MR) is 83.7 cm³/mol. The quantitative estimate of drug-likeness (QED) is 0.595. The molecule has 2 fully saturated rings. The fourth-order valence-corrected chi connectivity index (χ4v) is 3.10. The van der Waals surface area contributed by atoms with Crippen LogP contribution < -0.4 is 0 Å². The van der Waals surface area contributed by atoms with Gasteiger partial charge in [-0.1, -0.05) is 46.4 Å². The van der Waals surface area contributed by atoms with Crippen LogP contribution >= 0.6 is 0 Å². The molecule has 1 saturated heterocycles. The molecular formula is C15H31BN2. The lowest BCUT2D eigenvalue weighted by Crippen LogP contribution is -2.49.